The summed E-state index contributed by atoms with van der Waals surface area (Å²) in [5, 5.41) is 3.33. The molecule has 1 N–H and O–H groups in total. The lowest BCUT2D eigenvalue weighted by atomic mass is 10.1. The summed E-state index contributed by atoms with van der Waals surface area (Å²) >= 11 is 0. The number of halogens is 1. The SMILES string of the molecule is CC(Nc1ccc(-c2cncc(N(C)C)c2)cn1)c1ccc(F)cc1. The maximum absolute atomic E-state index is 13.0. The van der Waals surface area contributed by atoms with Crippen LogP contribution in [0.25, 0.3) is 11.1 Å². The molecule has 3 rings (SSSR count). The fraction of sp³-hybridized carbons (Fsp3) is 0.200. The van der Waals surface area contributed by atoms with Crippen molar-refractivity contribution < 1.29 is 4.39 Å². The van der Waals surface area contributed by atoms with Crippen LogP contribution in [-0.2, 0) is 0 Å². The van der Waals surface area contributed by atoms with Gasteiger partial charge in [-0.25, -0.2) is 9.37 Å². The maximum Gasteiger partial charge on any atom is 0.126 e. The van der Waals surface area contributed by atoms with Gasteiger partial charge in [0.2, 0.25) is 0 Å². The average molecular weight is 336 g/mol. The predicted octanol–water partition coefficient (Wildman–Crippen LogP) is 4.52. The second kappa shape index (κ2) is 7.30. The molecule has 1 aromatic carbocycles. The van der Waals surface area contributed by atoms with Crippen LogP contribution in [-0.4, -0.2) is 24.1 Å². The first-order valence-electron chi connectivity index (χ1n) is 8.14. The third kappa shape index (κ3) is 4.12. The molecule has 0 amide bonds. The molecular formula is C20H21FN4. The van der Waals surface area contributed by atoms with Crippen LogP contribution in [0.3, 0.4) is 0 Å². The van der Waals surface area contributed by atoms with Crippen LogP contribution in [0.4, 0.5) is 15.9 Å². The third-order valence-electron chi connectivity index (χ3n) is 4.07. The minimum Gasteiger partial charge on any atom is -0.376 e. The predicted molar refractivity (Wildman–Crippen MR) is 100 cm³/mol. The van der Waals surface area contributed by atoms with Crippen molar-refractivity contribution in [3.63, 3.8) is 0 Å². The molecule has 1 unspecified atom stereocenters. The minimum atomic E-state index is -0.230. The van der Waals surface area contributed by atoms with Crippen LogP contribution >= 0.6 is 0 Å². The first-order chi connectivity index (χ1) is 12.0. The van der Waals surface area contributed by atoms with Crippen LogP contribution in [0.5, 0.6) is 0 Å². The van der Waals surface area contributed by atoms with Gasteiger partial charge < -0.3 is 10.2 Å². The molecule has 0 bridgehead atoms. The first kappa shape index (κ1) is 16.9. The van der Waals surface area contributed by atoms with Gasteiger partial charge in [-0.3, -0.25) is 4.98 Å². The zero-order valence-corrected chi connectivity index (χ0v) is 14.6. The molecular weight excluding hydrogens is 315 g/mol. The van der Waals surface area contributed by atoms with Crippen molar-refractivity contribution in [2.24, 2.45) is 0 Å². The summed E-state index contributed by atoms with van der Waals surface area (Å²) in [6, 6.07) is 12.6. The van der Waals surface area contributed by atoms with Crippen molar-refractivity contribution >= 4 is 11.5 Å². The average Bonchev–Trinajstić information content (AvgIpc) is 2.63. The molecule has 0 aliphatic heterocycles. The monoisotopic (exact) mass is 336 g/mol. The normalized spacial score (nSPS) is 11.8. The van der Waals surface area contributed by atoms with Gasteiger partial charge in [0.25, 0.3) is 0 Å². The summed E-state index contributed by atoms with van der Waals surface area (Å²) in [7, 11) is 3.98. The smallest absolute Gasteiger partial charge is 0.126 e. The van der Waals surface area contributed by atoms with Gasteiger partial charge in [-0.1, -0.05) is 12.1 Å². The van der Waals surface area contributed by atoms with E-state index in [1.165, 1.54) is 12.1 Å². The van der Waals surface area contributed by atoms with E-state index in [0.29, 0.717) is 0 Å². The number of aromatic nitrogens is 2. The van der Waals surface area contributed by atoms with E-state index >= 15 is 0 Å². The summed E-state index contributed by atoms with van der Waals surface area (Å²) in [6.07, 6.45) is 5.49. The van der Waals surface area contributed by atoms with Gasteiger partial charge in [0.1, 0.15) is 11.6 Å². The Bertz CT molecular complexity index is 829. The van der Waals surface area contributed by atoms with Crippen LogP contribution in [0.1, 0.15) is 18.5 Å². The van der Waals surface area contributed by atoms with Crippen molar-refractivity contribution in [1.82, 2.24) is 9.97 Å². The lowest BCUT2D eigenvalue weighted by Crippen LogP contribution is -2.09. The summed E-state index contributed by atoms with van der Waals surface area (Å²) in [5.41, 5.74) is 4.09. The molecule has 0 fully saturated rings. The fourth-order valence-corrected chi connectivity index (χ4v) is 2.54. The Hall–Kier alpha value is -2.95. The van der Waals surface area contributed by atoms with Crippen molar-refractivity contribution in [2.75, 3.05) is 24.3 Å². The second-order valence-corrected chi connectivity index (χ2v) is 6.18. The van der Waals surface area contributed by atoms with Crippen molar-refractivity contribution in [3.8, 4) is 11.1 Å². The van der Waals surface area contributed by atoms with Gasteiger partial charge in [0.15, 0.2) is 0 Å². The van der Waals surface area contributed by atoms with E-state index in [1.54, 1.807) is 12.1 Å². The van der Waals surface area contributed by atoms with Crippen LogP contribution in [0, 0.1) is 5.82 Å². The van der Waals surface area contributed by atoms with E-state index in [2.05, 4.69) is 21.4 Å². The number of hydrogen-bond donors (Lipinski definition) is 1. The number of nitrogens with zero attached hydrogens (tertiary/aromatic N) is 3. The summed E-state index contributed by atoms with van der Waals surface area (Å²) in [6.45, 7) is 2.02. The van der Waals surface area contributed by atoms with Crippen molar-refractivity contribution in [2.45, 2.75) is 13.0 Å². The van der Waals surface area contributed by atoms with Gasteiger partial charge in [-0.05, 0) is 42.8 Å². The topological polar surface area (TPSA) is 41.1 Å². The maximum atomic E-state index is 13.0. The lowest BCUT2D eigenvalue weighted by Gasteiger charge is -2.15. The quantitative estimate of drug-likeness (QED) is 0.744. The van der Waals surface area contributed by atoms with Crippen LogP contribution in [0.2, 0.25) is 0 Å². The van der Waals surface area contributed by atoms with E-state index in [4.69, 9.17) is 0 Å². The number of benzene rings is 1. The highest BCUT2D eigenvalue weighted by atomic mass is 19.1. The minimum absolute atomic E-state index is 0.0395. The Morgan fingerprint density at radius 1 is 0.960 bits per heavy atom. The lowest BCUT2D eigenvalue weighted by molar-refractivity contribution is 0.626. The molecule has 0 aliphatic carbocycles. The summed E-state index contributed by atoms with van der Waals surface area (Å²) in [4.78, 5) is 10.8. The fourth-order valence-electron chi connectivity index (χ4n) is 2.54. The Balaban J connectivity index is 1.74. The highest BCUT2D eigenvalue weighted by Gasteiger charge is 2.07. The Morgan fingerprint density at radius 3 is 2.36 bits per heavy atom. The molecule has 25 heavy (non-hydrogen) atoms. The van der Waals surface area contributed by atoms with E-state index < -0.39 is 0 Å². The number of hydrogen-bond acceptors (Lipinski definition) is 4. The first-order valence-corrected chi connectivity index (χ1v) is 8.14. The van der Waals surface area contributed by atoms with Crippen molar-refractivity contribution in [3.05, 3.63) is 72.4 Å². The van der Waals surface area contributed by atoms with Crippen molar-refractivity contribution in [1.29, 1.82) is 0 Å². The van der Waals surface area contributed by atoms with Gasteiger partial charge in [-0.15, -0.1) is 0 Å². The summed E-state index contributed by atoms with van der Waals surface area (Å²) < 4.78 is 13.0. The Labute approximate surface area is 147 Å². The van der Waals surface area contributed by atoms with Gasteiger partial charge in [0, 0.05) is 43.7 Å². The van der Waals surface area contributed by atoms with E-state index in [-0.39, 0.29) is 11.9 Å². The van der Waals surface area contributed by atoms with Gasteiger partial charge >= 0.3 is 0 Å². The molecule has 4 nitrogen and oxygen atoms in total. The molecule has 0 spiro atoms. The van der Waals surface area contributed by atoms with Gasteiger partial charge in [-0.2, -0.15) is 0 Å². The molecule has 2 heterocycles. The van der Waals surface area contributed by atoms with Gasteiger partial charge in [0.05, 0.1) is 11.9 Å². The zero-order chi connectivity index (χ0) is 17.8. The highest BCUT2D eigenvalue weighted by molar-refractivity contribution is 5.67. The number of rotatable bonds is 5. The standard InChI is InChI=1S/C20H21FN4/c1-14(15-4-7-18(21)8-5-15)24-20-9-6-16(12-23-20)17-10-19(25(2)3)13-22-11-17/h4-14H,1-3H3,(H,23,24). The van der Waals surface area contributed by atoms with E-state index in [0.717, 1.165) is 28.2 Å². The van der Waals surface area contributed by atoms with Crippen LogP contribution < -0.4 is 10.2 Å². The molecule has 3 aromatic rings. The molecule has 2 aromatic heterocycles. The molecule has 0 aliphatic rings. The third-order valence-corrected chi connectivity index (χ3v) is 4.07. The summed E-state index contributed by atoms with van der Waals surface area (Å²) in [5.74, 6) is 0.546. The number of nitrogens with one attached hydrogen (secondary N) is 1. The van der Waals surface area contributed by atoms with E-state index in [9.17, 15) is 4.39 Å². The Morgan fingerprint density at radius 2 is 1.72 bits per heavy atom. The number of pyridine rings is 2. The highest BCUT2D eigenvalue weighted by Crippen LogP contribution is 2.24. The molecule has 1 atom stereocenters. The molecule has 128 valence electrons. The van der Waals surface area contributed by atoms with E-state index in [1.807, 2.05) is 56.6 Å². The van der Waals surface area contributed by atoms with Crippen LogP contribution in [0.15, 0.2) is 61.1 Å². The molecule has 0 saturated carbocycles. The molecule has 0 saturated heterocycles. The zero-order valence-electron chi connectivity index (χ0n) is 14.6. The molecule has 0 radical (unpaired) electrons. The Kier molecular flexibility index (Phi) is 4.93. The molecule has 5 heteroatoms. The largest absolute Gasteiger partial charge is 0.376 e. The number of anilines is 2. The second-order valence-electron chi connectivity index (χ2n) is 6.18.